The molecule has 3 aliphatic heterocycles. The molecule has 11 heteroatoms. The van der Waals surface area contributed by atoms with Gasteiger partial charge >= 0.3 is 4.87 Å². The predicted octanol–water partition coefficient (Wildman–Crippen LogP) is 4.59. The quantitative estimate of drug-likeness (QED) is 0.441. The number of ether oxygens (including phenoxy) is 1. The van der Waals surface area contributed by atoms with Crippen molar-refractivity contribution in [2.75, 3.05) is 24.6 Å². The summed E-state index contributed by atoms with van der Waals surface area (Å²) in [5.41, 5.74) is 2.10. The lowest BCUT2D eigenvalue weighted by atomic mass is 9.82. The van der Waals surface area contributed by atoms with Crippen molar-refractivity contribution in [1.82, 2.24) is 9.88 Å². The van der Waals surface area contributed by atoms with Crippen molar-refractivity contribution in [3.63, 3.8) is 0 Å². The Morgan fingerprint density at radius 3 is 2.54 bits per heavy atom. The van der Waals surface area contributed by atoms with Crippen molar-refractivity contribution >= 4 is 58.1 Å². The van der Waals surface area contributed by atoms with E-state index in [1.54, 1.807) is 35.2 Å². The highest BCUT2D eigenvalue weighted by Crippen LogP contribution is 2.54. The summed E-state index contributed by atoms with van der Waals surface area (Å²) in [5, 5.41) is 0.257. The maximum absolute atomic E-state index is 14.0. The van der Waals surface area contributed by atoms with E-state index < -0.39 is 17.1 Å². The summed E-state index contributed by atoms with van der Waals surface area (Å²) in [5.74, 6) is -1.79. The highest BCUT2D eigenvalue weighted by molar-refractivity contribution is 8.00. The molecule has 3 aromatic rings. The topological polar surface area (TPSA) is 99.8 Å². The fourth-order valence-corrected chi connectivity index (χ4v) is 8.25. The van der Waals surface area contributed by atoms with Crippen molar-refractivity contribution in [2.24, 2.45) is 5.92 Å². The molecular formula is C28H26ClN3O5S2. The smallest absolute Gasteiger partial charge is 0.305 e. The number of aromatic nitrogens is 1. The van der Waals surface area contributed by atoms with Crippen LogP contribution >= 0.6 is 34.7 Å². The molecule has 0 bridgehead atoms. The summed E-state index contributed by atoms with van der Waals surface area (Å²) < 4.78 is 6.07. The van der Waals surface area contributed by atoms with E-state index in [-0.39, 0.29) is 29.2 Å². The normalized spacial score (nSPS) is 22.6. The molecule has 6 rings (SSSR count). The number of fused-ring (bicyclic) bond motifs is 2. The highest BCUT2D eigenvalue weighted by Gasteiger charge is 2.56. The number of nitrogens with zero attached hydrogens (tertiary/aromatic N) is 2. The zero-order valence-corrected chi connectivity index (χ0v) is 23.5. The van der Waals surface area contributed by atoms with E-state index in [9.17, 15) is 19.2 Å². The van der Waals surface area contributed by atoms with Gasteiger partial charge in [-0.15, -0.1) is 0 Å². The number of thioether (sulfide) groups is 1. The Morgan fingerprint density at radius 2 is 1.79 bits per heavy atom. The first-order valence-electron chi connectivity index (χ1n) is 12.9. The summed E-state index contributed by atoms with van der Waals surface area (Å²) in [4.78, 5) is 59.2. The lowest BCUT2D eigenvalue weighted by Gasteiger charge is -2.31. The van der Waals surface area contributed by atoms with Crippen LogP contribution in [0.5, 0.6) is 5.75 Å². The standard InChI is InChI=1S/C28H26ClN3O5S2/c1-15-5-8-17(9-6-15)32-26(34)22-21(23-25(30-28(36)39-23)38-24(22)27(32)35)18-13-16(29)7-10-19(18)37-14-20(33)31-11-3-2-4-12-31/h5-10,13,21-22,24H,2-4,11-12,14H2,1H3,(H,30,36)/t21-,22?,24?/m1/s1. The van der Waals surface area contributed by atoms with Crippen LogP contribution < -0.4 is 14.5 Å². The van der Waals surface area contributed by atoms with Crippen LogP contribution in [0.25, 0.3) is 0 Å². The van der Waals surface area contributed by atoms with Crippen LogP contribution in [0.2, 0.25) is 5.02 Å². The second-order valence-corrected chi connectivity index (χ2v) is 12.6. The number of halogens is 1. The molecule has 2 fully saturated rings. The van der Waals surface area contributed by atoms with Gasteiger partial charge < -0.3 is 14.6 Å². The van der Waals surface area contributed by atoms with E-state index in [2.05, 4.69) is 4.98 Å². The fourth-order valence-electron chi connectivity index (χ4n) is 5.57. The van der Waals surface area contributed by atoms with Crippen molar-refractivity contribution in [3.05, 3.63) is 73.2 Å². The average Bonchev–Trinajstić information content (AvgIpc) is 3.43. The third-order valence-corrected chi connectivity index (χ3v) is 10.1. The van der Waals surface area contributed by atoms with Gasteiger partial charge in [0, 0.05) is 34.5 Å². The molecule has 1 aromatic heterocycles. The number of amides is 3. The second-order valence-electron chi connectivity index (χ2n) is 10.0. The zero-order valence-electron chi connectivity index (χ0n) is 21.1. The van der Waals surface area contributed by atoms with Gasteiger partial charge in [-0.25, -0.2) is 4.90 Å². The molecule has 1 N–H and O–H groups in total. The van der Waals surface area contributed by atoms with Gasteiger partial charge in [-0.05, 0) is 56.5 Å². The molecule has 0 radical (unpaired) electrons. The first-order chi connectivity index (χ1) is 18.8. The number of anilines is 1. The van der Waals surface area contributed by atoms with Crippen molar-refractivity contribution in [2.45, 2.75) is 42.4 Å². The van der Waals surface area contributed by atoms with Crippen LogP contribution in [0, 0.1) is 12.8 Å². The number of piperidine rings is 1. The van der Waals surface area contributed by atoms with Crippen LogP contribution in [-0.2, 0) is 14.4 Å². The van der Waals surface area contributed by atoms with E-state index in [0.29, 0.717) is 45.0 Å². The maximum Gasteiger partial charge on any atom is 0.305 e. The first kappa shape index (κ1) is 26.2. The molecule has 202 valence electrons. The van der Waals surface area contributed by atoms with Crippen molar-refractivity contribution in [1.29, 1.82) is 0 Å². The Hall–Kier alpha value is -3.08. The summed E-state index contributed by atoms with van der Waals surface area (Å²) in [6.07, 6.45) is 3.07. The van der Waals surface area contributed by atoms with Gasteiger partial charge in [-0.2, -0.15) is 0 Å². The van der Waals surface area contributed by atoms with Gasteiger partial charge in [0.2, 0.25) is 11.8 Å². The number of carbonyl (C=O) groups excluding carboxylic acids is 3. The zero-order chi connectivity index (χ0) is 27.3. The number of thiazole rings is 1. The maximum atomic E-state index is 14.0. The lowest BCUT2D eigenvalue weighted by molar-refractivity contribution is -0.134. The van der Waals surface area contributed by atoms with E-state index in [0.717, 1.165) is 36.2 Å². The third kappa shape index (κ3) is 4.79. The number of aryl methyl sites for hydroxylation is 1. The van der Waals surface area contributed by atoms with Gasteiger partial charge in [-0.1, -0.05) is 52.4 Å². The molecule has 0 spiro atoms. The Morgan fingerprint density at radius 1 is 1.05 bits per heavy atom. The number of H-pyrrole nitrogens is 1. The number of likely N-dealkylation sites (tertiary alicyclic amines) is 1. The molecule has 4 heterocycles. The predicted molar refractivity (Wildman–Crippen MR) is 151 cm³/mol. The number of aromatic amines is 1. The van der Waals surface area contributed by atoms with Gasteiger partial charge in [0.25, 0.3) is 5.91 Å². The van der Waals surface area contributed by atoms with E-state index in [4.69, 9.17) is 16.3 Å². The minimum absolute atomic E-state index is 0.0997. The van der Waals surface area contributed by atoms with Gasteiger partial charge in [-0.3, -0.25) is 19.2 Å². The van der Waals surface area contributed by atoms with E-state index in [1.165, 1.54) is 16.7 Å². The SMILES string of the molecule is Cc1ccc(N2C(=O)C3Sc4[nH]c(=O)sc4[C@H](c4cc(Cl)ccc4OCC(=O)N4CCCCC4)C3C2=O)cc1. The Kier molecular flexibility index (Phi) is 7.03. The summed E-state index contributed by atoms with van der Waals surface area (Å²) in [6.45, 7) is 3.22. The number of hydrogen-bond donors (Lipinski definition) is 1. The number of carbonyl (C=O) groups is 3. The Labute approximate surface area is 238 Å². The molecular weight excluding hydrogens is 558 g/mol. The van der Waals surface area contributed by atoms with Crippen LogP contribution in [0.15, 0.2) is 52.3 Å². The van der Waals surface area contributed by atoms with Crippen LogP contribution in [0.3, 0.4) is 0 Å². The molecule has 3 atom stereocenters. The lowest BCUT2D eigenvalue weighted by Crippen LogP contribution is -2.38. The molecule has 2 saturated heterocycles. The van der Waals surface area contributed by atoms with Gasteiger partial charge in [0.1, 0.15) is 11.0 Å². The molecule has 2 unspecified atom stereocenters. The molecule has 8 nitrogen and oxygen atoms in total. The minimum atomic E-state index is -0.777. The second kappa shape index (κ2) is 10.5. The minimum Gasteiger partial charge on any atom is -0.483 e. The fraction of sp³-hybridized carbons (Fsp3) is 0.357. The number of imide groups is 1. The summed E-state index contributed by atoms with van der Waals surface area (Å²) >= 11 is 8.67. The monoisotopic (exact) mass is 583 g/mol. The van der Waals surface area contributed by atoms with Crippen molar-refractivity contribution in [3.8, 4) is 5.75 Å². The van der Waals surface area contributed by atoms with E-state index in [1.807, 2.05) is 19.1 Å². The number of nitrogens with one attached hydrogen (secondary N) is 1. The van der Waals surface area contributed by atoms with Gasteiger partial charge in [0.05, 0.1) is 16.6 Å². The summed E-state index contributed by atoms with van der Waals surface area (Å²) in [6, 6.07) is 12.3. The van der Waals surface area contributed by atoms with Gasteiger partial charge in [0.15, 0.2) is 6.61 Å². The van der Waals surface area contributed by atoms with Crippen LogP contribution in [-0.4, -0.2) is 52.6 Å². The molecule has 39 heavy (non-hydrogen) atoms. The molecule has 3 aliphatic rings. The highest BCUT2D eigenvalue weighted by atomic mass is 35.5. The van der Waals surface area contributed by atoms with Crippen LogP contribution in [0.4, 0.5) is 5.69 Å². The average molecular weight is 584 g/mol. The Balaban J connectivity index is 1.39. The number of rotatable bonds is 5. The first-order valence-corrected chi connectivity index (χ1v) is 14.9. The van der Waals surface area contributed by atoms with Crippen LogP contribution in [0.1, 0.15) is 41.2 Å². The molecule has 2 aromatic carbocycles. The molecule has 0 saturated carbocycles. The molecule has 0 aliphatic carbocycles. The van der Waals surface area contributed by atoms with E-state index >= 15 is 0 Å². The number of hydrogen-bond acceptors (Lipinski definition) is 7. The largest absolute Gasteiger partial charge is 0.483 e. The Bertz CT molecular complexity index is 1510. The molecule has 3 amide bonds. The summed E-state index contributed by atoms with van der Waals surface area (Å²) in [7, 11) is 0. The number of benzene rings is 2. The third-order valence-electron chi connectivity index (χ3n) is 7.48. The van der Waals surface area contributed by atoms with Crippen molar-refractivity contribution < 1.29 is 19.1 Å².